The fourth-order valence-electron chi connectivity index (χ4n) is 1.39. The van der Waals surface area contributed by atoms with Crippen LogP contribution in [-0.2, 0) is 9.47 Å². The first kappa shape index (κ1) is 7.10. The van der Waals surface area contributed by atoms with Crippen molar-refractivity contribution >= 4 is 5.90 Å². The lowest BCUT2D eigenvalue weighted by molar-refractivity contribution is 0.134. The van der Waals surface area contributed by atoms with Crippen LogP contribution in [0, 0.1) is 5.92 Å². The van der Waals surface area contributed by atoms with Gasteiger partial charge in [-0.15, -0.1) is 0 Å². The SMILES string of the molecule is CC(C)C1=NC2COCC2O1. The normalized spacial score (nSPS) is 35.4. The Hall–Kier alpha value is -0.570. The summed E-state index contributed by atoms with van der Waals surface area (Å²) in [4.78, 5) is 4.42. The van der Waals surface area contributed by atoms with E-state index in [1.54, 1.807) is 0 Å². The van der Waals surface area contributed by atoms with E-state index in [-0.39, 0.29) is 12.1 Å². The standard InChI is InChI=1S/C8H13NO2/c1-5(2)8-9-6-3-10-4-7(6)11-8/h5-7H,3-4H2,1-2H3. The molecule has 0 saturated carbocycles. The third-order valence-electron chi connectivity index (χ3n) is 2.06. The van der Waals surface area contributed by atoms with E-state index in [0.717, 1.165) is 12.5 Å². The van der Waals surface area contributed by atoms with Gasteiger partial charge < -0.3 is 9.47 Å². The molecule has 1 fully saturated rings. The number of nitrogens with zero attached hydrogens (tertiary/aromatic N) is 1. The maximum atomic E-state index is 5.57. The third-order valence-corrected chi connectivity index (χ3v) is 2.06. The van der Waals surface area contributed by atoms with Crippen LogP contribution >= 0.6 is 0 Å². The number of rotatable bonds is 1. The van der Waals surface area contributed by atoms with Gasteiger partial charge >= 0.3 is 0 Å². The van der Waals surface area contributed by atoms with Crippen LogP contribution in [0.3, 0.4) is 0 Å². The average molecular weight is 155 g/mol. The van der Waals surface area contributed by atoms with Gasteiger partial charge in [0.05, 0.1) is 13.2 Å². The fourth-order valence-corrected chi connectivity index (χ4v) is 1.39. The van der Waals surface area contributed by atoms with Crippen molar-refractivity contribution in [2.75, 3.05) is 13.2 Å². The number of fused-ring (bicyclic) bond motifs is 1. The molecule has 0 aromatic rings. The molecule has 62 valence electrons. The van der Waals surface area contributed by atoms with Gasteiger partial charge in [-0.05, 0) is 0 Å². The Labute approximate surface area is 66.4 Å². The van der Waals surface area contributed by atoms with Crippen LogP contribution in [0.15, 0.2) is 4.99 Å². The summed E-state index contributed by atoms with van der Waals surface area (Å²) in [5.74, 6) is 1.32. The van der Waals surface area contributed by atoms with Gasteiger partial charge in [0.1, 0.15) is 12.1 Å². The predicted molar refractivity (Wildman–Crippen MR) is 41.8 cm³/mol. The molecule has 0 bridgehead atoms. The molecule has 2 atom stereocenters. The highest BCUT2D eigenvalue weighted by molar-refractivity contribution is 5.80. The Morgan fingerprint density at radius 1 is 1.45 bits per heavy atom. The highest BCUT2D eigenvalue weighted by atomic mass is 16.6. The van der Waals surface area contributed by atoms with Crippen molar-refractivity contribution < 1.29 is 9.47 Å². The molecule has 3 nitrogen and oxygen atoms in total. The van der Waals surface area contributed by atoms with Crippen molar-refractivity contribution in [1.29, 1.82) is 0 Å². The summed E-state index contributed by atoms with van der Waals surface area (Å²) in [7, 11) is 0. The second kappa shape index (κ2) is 2.48. The lowest BCUT2D eigenvalue weighted by Gasteiger charge is -2.08. The maximum absolute atomic E-state index is 5.57. The molecule has 2 heterocycles. The number of aliphatic imine (C=N–C) groups is 1. The largest absolute Gasteiger partial charge is 0.473 e. The lowest BCUT2D eigenvalue weighted by Crippen LogP contribution is -2.20. The van der Waals surface area contributed by atoms with Crippen LogP contribution in [0.2, 0.25) is 0 Å². The maximum Gasteiger partial charge on any atom is 0.186 e. The van der Waals surface area contributed by atoms with Gasteiger partial charge in [-0.1, -0.05) is 13.8 Å². The monoisotopic (exact) mass is 155 g/mol. The van der Waals surface area contributed by atoms with E-state index in [2.05, 4.69) is 18.8 Å². The van der Waals surface area contributed by atoms with Gasteiger partial charge in [-0.25, -0.2) is 4.99 Å². The minimum atomic E-state index is 0.215. The summed E-state index contributed by atoms with van der Waals surface area (Å²) in [6.07, 6.45) is 0.215. The van der Waals surface area contributed by atoms with E-state index in [1.807, 2.05) is 0 Å². The van der Waals surface area contributed by atoms with Crippen LogP contribution in [-0.4, -0.2) is 31.3 Å². The summed E-state index contributed by atoms with van der Waals surface area (Å²) in [5, 5.41) is 0. The highest BCUT2D eigenvalue weighted by Crippen LogP contribution is 2.22. The Kier molecular flexibility index (Phi) is 1.60. The molecule has 2 aliphatic heterocycles. The molecule has 0 radical (unpaired) electrons. The van der Waals surface area contributed by atoms with Gasteiger partial charge in [0.15, 0.2) is 5.90 Å². The smallest absolute Gasteiger partial charge is 0.186 e. The van der Waals surface area contributed by atoms with Crippen molar-refractivity contribution in [3.8, 4) is 0 Å². The van der Waals surface area contributed by atoms with Crippen LogP contribution in [0.25, 0.3) is 0 Å². The zero-order chi connectivity index (χ0) is 7.84. The first-order valence-electron chi connectivity index (χ1n) is 4.09. The van der Waals surface area contributed by atoms with E-state index in [1.165, 1.54) is 0 Å². The highest BCUT2D eigenvalue weighted by Gasteiger charge is 2.36. The van der Waals surface area contributed by atoms with Gasteiger partial charge in [-0.3, -0.25) is 0 Å². The molecule has 0 aromatic heterocycles. The third kappa shape index (κ3) is 1.13. The summed E-state index contributed by atoms with van der Waals surface area (Å²) < 4.78 is 10.8. The molecular formula is C8H13NO2. The minimum absolute atomic E-state index is 0.215. The molecule has 1 saturated heterocycles. The molecule has 3 heteroatoms. The molecule has 0 amide bonds. The fraction of sp³-hybridized carbons (Fsp3) is 0.875. The summed E-state index contributed by atoms with van der Waals surface area (Å²) in [6, 6.07) is 0.285. The number of hydrogen-bond acceptors (Lipinski definition) is 3. The average Bonchev–Trinajstić information content (AvgIpc) is 2.40. The zero-order valence-corrected chi connectivity index (χ0v) is 6.91. The first-order chi connectivity index (χ1) is 5.27. The quantitative estimate of drug-likeness (QED) is 0.561. The molecule has 2 unspecified atom stereocenters. The van der Waals surface area contributed by atoms with Gasteiger partial charge in [0.2, 0.25) is 0 Å². The summed E-state index contributed by atoms with van der Waals surface area (Å²) >= 11 is 0. The van der Waals surface area contributed by atoms with Crippen molar-refractivity contribution in [3.63, 3.8) is 0 Å². The van der Waals surface area contributed by atoms with Crippen LogP contribution in [0.5, 0.6) is 0 Å². The Balaban J connectivity index is 2.07. The molecule has 0 spiro atoms. The van der Waals surface area contributed by atoms with E-state index in [9.17, 15) is 0 Å². The van der Waals surface area contributed by atoms with Gasteiger partial charge in [0, 0.05) is 5.92 Å². The minimum Gasteiger partial charge on any atom is -0.473 e. The van der Waals surface area contributed by atoms with Crippen molar-refractivity contribution in [2.24, 2.45) is 10.9 Å². The van der Waals surface area contributed by atoms with E-state index in [4.69, 9.17) is 9.47 Å². The molecular weight excluding hydrogens is 142 g/mol. The Bertz CT molecular complexity index is 189. The molecule has 0 aliphatic carbocycles. The second-order valence-electron chi connectivity index (χ2n) is 3.38. The molecule has 0 aromatic carbocycles. The summed E-state index contributed by atoms with van der Waals surface area (Å²) in [5.41, 5.74) is 0. The molecule has 2 aliphatic rings. The Morgan fingerprint density at radius 2 is 2.27 bits per heavy atom. The summed E-state index contributed by atoms with van der Waals surface area (Å²) in [6.45, 7) is 5.65. The predicted octanol–water partition coefficient (Wildman–Crippen LogP) is 0.839. The molecule has 0 N–H and O–H groups in total. The van der Waals surface area contributed by atoms with Crippen LogP contribution in [0.4, 0.5) is 0 Å². The molecule has 11 heavy (non-hydrogen) atoms. The molecule has 2 rings (SSSR count). The van der Waals surface area contributed by atoms with Crippen LogP contribution in [0.1, 0.15) is 13.8 Å². The van der Waals surface area contributed by atoms with E-state index < -0.39 is 0 Å². The van der Waals surface area contributed by atoms with E-state index >= 15 is 0 Å². The first-order valence-corrected chi connectivity index (χ1v) is 4.09. The van der Waals surface area contributed by atoms with E-state index in [0.29, 0.717) is 12.5 Å². The van der Waals surface area contributed by atoms with Crippen molar-refractivity contribution in [3.05, 3.63) is 0 Å². The lowest BCUT2D eigenvalue weighted by atomic mass is 10.2. The van der Waals surface area contributed by atoms with Gasteiger partial charge in [-0.2, -0.15) is 0 Å². The van der Waals surface area contributed by atoms with Crippen molar-refractivity contribution in [2.45, 2.75) is 26.0 Å². The second-order valence-corrected chi connectivity index (χ2v) is 3.38. The number of hydrogen-bond donors (Lipinski definition) is 0. The topological polar surface area (TPSA) is 30.8 Å². The van der Waals surface area contributed by atoms with Crippen molar-refractivity contribution in [1.82, 2.24) is 0 Å². The van der Waals surface area contributed by atoms with Crippen LogP contribution < -0.4 is 0 Å². The Morgan fingerprint density at radius 3 is 2.91 bits per heavy atom. The number of ether oxygens (including phenoxy) is 2. The van der Waals surface area contributed by atoms with Gasteiger partial charge in [0.25, 0.3) is 0 Å². The zero-order valence-electron chi connectivity index (χ0n) is 6.91.